The number of allylic oxidation sites excluding steroid dienone is 3. The third kappa shape index (κ3) is 6.72. The van der Waals surface area contributed by atoms with Crippen LogP contribution in [0.15, 0.2) is 46.2 Å². The number of hydrogen-bond donors (Lipinski definition) is 2. The number of H-pyrrole nitrogens is 2. The predicted molar refractivity (Wildman–Crippen MR) is 160 cm³/mol. The fourth-order valence-corrected chi connectivity index (χ4v) is 4.77. The van der Waals surface area contributed by atoms with Gasteiger partial charge in [-0.3, -0.25) is 19.6 Å². The highest BCUT2D eigenvalue weighted by Crippen LogP contribution is 2.32. The Labute approximate surface area is 230 Å². The first-order valence-electron chi connectivity index (χ1n) is 13.2. The van der Waals surface area contributed by atoms with Crippen molar-refractivity contribution in [2.45, 2.75) is 67.7 Å². The number of ether oxygens (including phenoxy) is 1. The highest BCUT2D eigenvalue weighted by molar-refractivity contribution is 6.28. The maximum atomic E-state index is 13.0. The highest BCUT2D eigenvalue weighted by atomic mass is 16.5. The highest BCUT2D eigenvalue weighted by Gasteiger charge is 2.31. The number of hydrogen-bond acceptors (Lipinski definition) is 5. The minimum atomic E-state index is -0.157. The van der Waals surface area contributed by atoms with Crippen LogP contribution in [0.1, 0.15) is 79.8 Å². The number of aliphatic imine (C=N–C) groups is 2. The molecule has 1 unspecified atom stereocenters. The molecule has 0 fully saturated rings. The molecular weight excluding hydrogens is 488 g/mol. The molecule has 0 saturated heterocycles. The van der Waals surface area contributed by atoms with Gasteiger partial charge in [-0.05, 0) is 76.0 Å². The molecule has 0 aromatic carbocycles. The molecule has 0 amide bonds. The van der Waals surface area contributed by atoms with E-state index in [9.17, 15) is 9.59 Å². The molecule has 1 aliphatic carbocycles. The first-order valence-corrected chi connectivity index (χ1v) is 13.2. The van der Waals surface area contributed by atoms with Crippen molar-refractivity contribution in [1.29, 1.82) is 0 Å². The standard InChI is InChI=1S/C28H32N4O.C4H8O2/c1-14(2)21(29-15(3)4)12-24-19(8)27-26(33)11-20(28(27)32-24)25-10-17(6)23(31-25)13-22-16(5)9-18(7)30-22;1-3-4(5)6-2/h9,12-13,17,30,32H,1,3,10-11H2,2,4-8H3;3H2,1-2H3/b23-13-,24-12-,29-21?;. The molecule has 2 aliphatic rings. The molecule has 2 aromatic rings. The van der Waals surface area contributed by atoms with Crippen molar-refractivity contribution in [2.75, 3.05) is 7.11 Å². The van der Waals surface area contributed by atoms with Gasteiger partial charge in [0.2, 0.25) is 0 Å². The molecule has 2 N–H and O–H groups in total. The van der Waals surface area contributed by atoms with Gasteiger partial charge in [0, 0.05) is 63.7 Å². The number of carbonyl (C=O) groups is 2. The van der Waals surface area contributed by atoms with Crippen molar-refractivity contribution in [3.63, 3.8) is 0 Å². The van der Waals surface area contributed by atoms with E-state index in [0.717, 1.165) is 67.9 Å². The molecule has 1 atom stereocenters. The van der Waals surface area contributed by atoms with E-state index >= 15 is 0 Å². The molecule has 0 saturated carbocycles. The zero-order chi connectivity index (χ0) is 29.0. The summed E-state index contributed by atoms with van der Waals surface area (Å²) < 4.78 is 4.26. The van der Waals surface area contributed by atoms with Gasteiger partial charge in [-0.25, -0.2) is 0 Å². The van der Waals surface area contributed by atoms with Crippen molar-refractivity contribution < 1.29 is 14.3 Å². The smallest absolute Gasteiger partial charge is 0.305 e. The van der Waals surface area contributed by atoms with E-state index in [2.05, 4.69) is 65.8 Å². The predicted octanol–water partition coefficient (Wildman–Crippen LogP) is 5.43. The summed E-state index contributed by atoms with van der Waals surface area (Å²) in [4.78, 5) is 39.3. The van der Waals surface area contributed by atoms with Gasteiger partial charge in [0.15, 0.2) is 5.78 Å². The van der Waals surface area contributed by atoms with Gasteiger partial charge in [-0.15, -0.1) is 0 Å². The summed E-state index contributed by atoms with van der Waals surface area (Å²) in [6, 6.07) is 2.14. The number of Topliss-reactive ketones (excluding diaryl/α,β-unsaturated/α-hetero) is 1. The van der Waals surface area contributed by atoms with Gasteiger partial charge in [0.25, 0.3) is 0 Å². The lowest BCUT2D eigenvalue weighted by Crippen LogP contribution is -2.17. The summed E-state index contributed by atoms with van der Waals surface area (Å²) in [7, 11) is 1.38. The van der Waals surface area contributed by atoms with Crippen LogP contribution in [0.2, 0.25) is 0 Å². The number of methoxy groups -OCH3 is 1. The largest absolute Gasteiger partial charge is 0.469 e. The maximum absolute atomic E-state index is 13.0. The van der Waals surface area contributed by atoms with Crippen LogP contribution in [0.25, 0.3) is 17.7 Å². The molecule has 3 heterocycles. The first-order chi connectivity index (χ1) is 18.4. The number of nitrogens with one attached hydrogen (secondary N) is 2. The summed E-state index contributed by atoms with van der Waals surface area (Å²) in [5, 5.41) is 1.78. The molecule has 1 aliphatic heterocycles. The first kappa shape index (κ1) is 29.6. The zero-order valence-corrected chi connectivity index (χ0v) is 24.5. The van der Waals surface area contributed by atoms with Crippen LogP contribution in [0.3, 0.4) is 0 Å². The lowest BCUT2D eigenvalue weighted by atomic mass is 9.99. The normalized spacial score (nSPS) is 18.2. The Hall–Kier alpha value is -4.00. The van der Waals surface area contributed by atoms with Gasteiger partial charge in [-0.2, -0.15) is 0 Å². The fraction of sp³-hybridized carbons (Fsp3) is 0.375. The Morgan fingerprint density at radius 3 is 2.44 bits per heavy atom. The molecule has 4 rings (SSSR count). The molecule has 0 bridgehead atoms. The molecule has 7 heteroatoms. The number of aromatic nitrogens is 2. The van der Waals surface area contributed by atoms with Crippen molar-refractivity contribution in [1.82, 2.24) is 9.97 Å². The monoisotopic (exact) mass is 528 g/mol. The fourth-order valence-electron chi connectivity index (χ4n) is 4.77. The van der Waals surface area contributed by atoms with E-state index in [1.165, 1.54) is 12.7 Å². The summed E-state index contributed by atoms with van der Waals surface area (Å²) in [5.74, 6) is 0.287. The second-order valence-electron chi connectivity index (χ2n) is 10.4. The molecule has 0 spiro atoms. The average Bonchev–Trinajstić information content (AvgIpc) is 3.58. The van der Waals surface area contributed by atoms with Crippen molar-refractivity contribution >= 4 is 40.9 Å². The van der Waals surface area contributed by atoms with E-state index in [4.69, 9.17) is 4.99 Å². The van der Waals surface area contributed by atoms with Crippen LogP contribution >= 0.6 is 0 Å². The van der Waals surface area contributed by atoms with Crippen LogP contribution in [0, 0.1) is 26.7 Å². The SMILES string of the molecule is C=C(C)N=C(/C=c1\[nH]c2c(c1C)C(=O)CC=2C1=N/C(=C\c2[nH]c(C)cc2C)C(C)C1)C(=C)C.CCC(=O)OC. The second-order valence-corrected chi connectivity index (χ2v) is 10.4. The Morgan fingerprint density at radius 2 is 1.92 bits per heavy atom. The molecular formula is C32H40N4O3. The van der Waals surface area contributed by atoms with E-state index in [1.807, 2.05) is 26.8 Å². The summed E-state index contributed by atoms with van der Waals surface area (Å²) in [6.07, 6.45) is 5.80. The topological polar surface area (TPSA) is 99.7 Å². The summed E-state index contributed by atoms with van der Waals surface area (Å²) in [6.45, 7) is 21.8. The van der Waals surface area contributed by atoms with Gasteiger partial charge in [0.05, 0.1) is 18.2 Å². The Bertz CT molecular complexity index is 1550. The Morgan fingerprint density at radius 1 is 1.23 bits per heavy atom. The number of carbonyl (C=O) groups excluding carboxylic acids is 2. The lowest BCUT2D eigenvalue weighted by molar-refractivity contribution is -0.140. The van der Waals surface area contributed by atoms with Crippen LogP contribution < -0.4 is 10.7 Å². The molecule has 206 valence electrons. The van der Waals surface area contributed by atoms with Gasteiger partial charge in [0.1, 0.15) is 0 Å². The number of esters is 1. The van der Waals surface area contributed by atoms with Gasteiger partial charge >= 0.3 is 5.97 Å². The van der Waals surface area contributed by atoms with Crippen LogP contribution in [-0.2, 0) is 9.53 Å². The van der Waals surface area contributed by atoms with Crippen LogP contribution in [0.5, 0.6) is 0 Å². The number of ketones is 1. The number of rotatable bonds is 6. The quantitative estimate of drug-likeness (QED) is 0.386. The lowest BCUT2D eigenvalue weighted by Gasteiger charge is -2.03. The summed E-state index contributed by atoms with van der Waals surface area (Å²) in [5.41, 5.74) is 10.6. The van der Waals surface area contributed by atoms with Crippen LogP contribution in [-0.4, -0.2) is 40.3 Å². The van der Waals surface area contributed by atoms with E-state index in [0.29, 0.717) is 24.5 Å². The zero-order valence-electron chi connectivity index (χ0n) is 24.5. The van der Waals surface area contributed by atoms with E-state index in [1.54, 1.807) is 6.92 Å². The van der Waals surface area contributed by atoms with Crippen LogP contribution in [0.4, 0.5) is 0 Å². The minimum Gasteiger partial charge on any atom is -0.469 e. The Kier molecular flexibility index (Phi) is 9.28. The van der Waals surface area contributed by atoms with E-state index < -0.39 is 0 Å². The van der Waals surface area contributed by atoms with Crippen molar-refractivity contribution in [3.8, 4) is 0 Å². The van der Waals surface area contributed by atoms with Gasteiger partial charge < -0.3 is 14.7 Å². The summed E-state index contributed by atoms with van der Waals surface area (Å²) >= 11 is 0. The number of nitrogens with zero attached hydrogens (tertiary/aromatic N) is 2. The van der Waals surface area contributed by atoms with Gasteiger partial charge in [-0.1, -0.05) is 27.0 Å². The molecule has 2 aromatic heterocycles. The maximum Gasteiger partial charge on any atom is 0.305 e. The average molecular weight is 529 g/mol. The van der Waals surface area contributed by atoms with Crippen molar-refractivity contribution in [3.05, 3.63) is 75.0 Å². The third-order valence-corrected chi connectivity index (χ3v) is 6.85. The number of aryl methyl sites for hydroxylation is 2. The third-order valence-electron chi connectivity index (χ3n) is 6.85. The Balaban J connectivity index is 0.000000631. The molecule has 7 nitrogen and oxygen atoms in total. The minimum absolute atomic E-state index is 0.144. The number of aromatic amines is 2. The number of fused-ring (bicyclic) bond motifs is 1. The van der Waals surface area contributed by atoms with E-state index in [-0.39, 0.29) is 11.8 Å². The second kappa shape index (κ2) is 12.2. The van der Waals surface area contributed by atoms with Crippen molar-refractivity contribution in [2.24, 2.45) is 15.9 Å². The molecule has 39 heavy (non-hydrogen) atoms. The molecule has 0 radical (unpaired) electrons.